The Morgan fingerprint density at radius 3 is 1.44 bits per heavy atom. The van der Waals surface area contributed by atoms with E-state index in [9.17, 15) is 44.3 Å². The Morgan fingerprint density at radius 1 is 0.678 bits per heavy atom. The molecule has 2 aromatic rings. The van der Waals surface area contributed by atoms with Crippen molar-refractivity contribution in [1.29, 1.82) is 0 Å². The average molecular weight is 900 g/mol. The minimum absolute atomic E-state index is 0.0708. The Hall–Kier alpha value is -2.98. The molecule has 0 bridgehead atoms. The van der Waals surface area contributed by atoms with Gasteiger partial charge in [-0.25, -0.2) is 4.79 Å². The van der Waals surface area contributed by atoms with E-state index in [4.69, 9.17) is 37.8 Å². The molecule has 4 aliphatic rings. The number of hydrogen-bond acceptors (Lipinski definition) is 10. The zero-order valence-corrected chi connectivity index (χ0v) is 33.8. The molecule has 0 saturated carbocycles. The van der Waals surface area contributed by atoms with Gasteiger partial charge in [0.25, 0.3) is 6.10 Å². The lowest BCUT2D eigenvalue weighted by Gasteiger charge is -2.36. The highest BCUT2D eigenvalue weighted by atomic mass is 35.5. The van der Waals surface area contributed by atoms with Gasteiger partial charge >= 0.3 is 24.6 Å². The summed E-state index contributed by atoms with van der Waals surface area (Å²) in [4.78, 5) is 21.7. The number of hydrogen-bond donors (Lipinski definition) is 2. The number of nitrogens with zero attached hydrogens (tertiary/aromatic N) is 5. The molecule has 0 radical (unpaired) electrons. The third-order valence-corrected chi connectivity index (χ3v) is 10.5. The fraction of sp³-hybridized carbons (Fsp3) is 0.649. The number of ether oxygens (including phenoxy) is 3. The lowest BCUT2D eigenvalue weighted by Crippen LogP contribution is -2.52. The van der Waals surface area contributed by atoms with Gasteiger partial charge < -0.3 is 39.3 Å². The normalized spacial score (nSPS) is 19.4. The number of amides is 1. The molecule has 1 amide bonds. The average Bonchev–Trinajstić information content (AvgIpc) is 3.19. The predicted octanol–water partition coefficient (Wildman–Crippen LogP) is 6.44. The van der Waals surface area contributed by atoms with E-state index in [2.05, 4.69) is 30.8 Å². The minimum Gasteiger partial charge on any atom is -0.426 e. The van der Waals surface area contributed by atoms with Crippen molar-refractivity contribution >= 4 is 40.7 Å². The van der Waals surface area contributed by atoms with Crippen molar-refractivity contribution in [3.05, 3.63) is 57.6 Å². The number of carbonyl (C=O) groups excluding carboxylic acids is 1. The summed E-state index contributed by atoms with van der Waals surface area (Å²) in [6, 6.07) is 11.8. The van der Waals surface area contributed by atoms with Crippen molar-refractivity contribution in [2.75, 3.05) is 115 Å². The van der Waals surface area contributed by atoms with Crippen LogP contribution in [0.15, 0.2) is 36.4 Å². The topological polar surface area (TPSA) is 93.2 Å². The van der Waals surface area contributed by atoms with Crippen LogP contribution >= 0.6 is 23.2 Å². The molecule has 0 aliphatic carbocycles. The molecule has 334 valence electrons. The van der Waals surface area contributed by atoms with Crippen molar-refractivity contribution in [3.63, 3.8) is 0 Å². The van der Waals surface area contributed by atoms with Gasteiger partial charge in [-0.3, -0.25) is 9.80 Å². The number of aliphatic hydroxyl groups excluding tert-OH is 1. The van der Waals surface area contributed by atoms with Crippen LogP contribution < -0.4 is 15.1 Å². The van der Waals surface area contributed by atoms with Gasteiger partial charge in [0, 0.05) is 124 Å². The monoisotopic (exact) mass is 898 g/mol. The second-order valence-corrected chi connectivity index (χ2v) is 14.8. The van der Waals surface area contributed by atoms with Crippen LogP contribution in [0.4, 0.5) is 55.7 Å². The number of nitrogens with one attached hydrogen (secondary N) is 1. The molecule has 1 atom stereocenters. The van der Waals surface area contributed by atoms with Crippen LogP contribution in [0.1, 0.15) is 18.1 Å². The molecule has 2 aromatic carbocycles. The Labute approximate surface area is 346 Å². The van der Waals surface area contributed by atoms with Gasteiger partial charge in [0.2, 0.25) is 0 Å². The van der Waals surface area contributed by atoms with E-state index in [0.29, 0.717) is 44.8 Å². The molecule has 0 aromatic heterocycles. The Morgan fingerprint density at radius 2 is 1.07 bits per heavy atom. The summed E-state index contributed by atoms with van der Waals surface area (Å²) in [5, 5.41) is 12.6. The second kappa shape index (κ2) is 22.2. The molecule has 1 unspecified atom stereocenters. The molecule has 22 heteroatoms. The summed E-state index contributed by atoms with van der Waals surface area (Å²) in [6.45, 7) is 12.8. The first-order valence-corrected chi connectivity index (χ1v) is 19.7. The molecule has 0 spiro atoms. The molecular weight excluding hydrogens is 850 g/mol. The quantitative estimate of drug-likeness (QED) is 0.303. The van der Waals surface area contributed by atoms with Gasteiger partial charge in [-0.2, -0.15) is 39.5 Å². The van der Waals surface area contributed by atoms with Gasteiger partial charge in [0.05, 0.1) is 26.4 Å². The van der Waals surface area contributed by atoms with E-state index in [-0.39, 0.29) is 26.2 Å². The van der Waals surface area contributed by atoms with E-state index in [0.717, 1.165) is 80.2 Å². The van der Waals surface area contributed by atoms with E-state index < -0.39 is 36.8 Å². The Balaban J connectivity index is 0.000000240. The van der Waals surface area contributed by atoms with Crippen LogP contribution in [-0.4, -0.2) is 162 Å². The summed E-state index contributed by atoms with van der Waals surface area (Å²) in [5.74, 6) is 0. The number of carbonyl (C=O) groups is 1. The van der Waals surface area contributed by atoms with E-state index in [1.807, 2.05) is 29.2 Å². The van der Waals surface area contributed by atoms with E-state index in [1.165, 1.54) is 11.3 Å². The van der Waals surface area contributed by atoms with Crippen LogP contribution in [0, 0.1) is 0 Å². The number of rotatable bonds is 7. The first-order chi connectivity index (χ1) is 27.8. The summed E-state index contributed by atoms with van der Waals surface area (Å²) in [5.41, 5.74) is 4.35. The maximum absolute atomic E-state index is 12.6. The predicted molar refractivity (Wildman–Crippen MR) is 204 cm³/mol. The van der Waals surface area contributed by atoms with Gasteiger partial charge in [-0.1, -0.05) is 35.3 Å². The molecule has 2 N–H and O–H groups in total. The van der Waals surface area contributed by atoms with Crippen molar-refractivity contribution in [3.8, 4) is 0 Å². The van der Waals surface area contributed by atoms with Gasteiger partial charge in [-0.05, 0) is 31.2 Å². The lowest BCUT2D eigenvalue weighted by atomic mass is 10.1. The molecule has 4 fully saturated rings. The van der Waals surface area contributed by atoms with E-state index >= 15 is 0 Å². The lowest BCUT2D eigenvalue weighted by molar-refractivity contribution is -0.308. The number of morpholine rings is 2. The molecule has 6 rings (SSSR count). The first-order valence-electron chi connectivity index (χ1n) is 18.9. The maximum Gasteiger partial charge on any atom is 0.434 e. The standard InChI is InChI=1S/C19H22ClF6N3O3.C15H22ClN3O.C3H5F3O/c20-14-2-1-3-15(28-8-10-31-11-9-28)13(14)12-27-4-6-29(7-5-27)17(30)32-16(18(21,22)23)19(24,25)26;16-14-2-1-3-15(19-8-10-20-11-9-19)13(14)12-18-6-4-17-5-7-18;1-2(7)3(4,5)6/h1-3,16H,4-12H2;1-3,17H,4-12H2;2,7H,1H3. The third kappa shape index (κ3) is 15.2. The zero-order chi connectivity index (χ0) is 43.4. The van der Waals surface area contributed by atoms with Gasteiger partial charge in [0.15, 0.2) is 0 Å². The Kier molecular flexibility index (Phi) is 18.3. The van der Waals surface area contributed by atoms with Crippen LogP contribution in [-0.2, 0) is 27.3 Å². The maximum atomic E-state index is 12.6. The van der Waals surface area contributed by atoms with Crippen molar-refractivity contribution in [2.45, 2.75) is 50.8 Å². The highest BCUT2D eigenvalue weighted by molar-refractivity contribution is 6.32. The molecule has 59 heavy (non-hydrogen) atoms. The third-order valence-electron chi connectivity index (χ3n) is 9.78. The van der Waals surface area contributed by atoms with Crippen LogP contribution in [0.5, 0.6) is 0 Å². The molecule has 4 aliphatic heterocycles. The van der Waals surface area contributed by atoms with Crippen LogP contribution in [0.25, 0.3) is 0 Å². The molecule has 11 nitrogen and oxygen atoms in total. The number of piperazine rings is 2. The number of halogens is 11. The van der Waals surface area contributed by atoms with E-state index in [1.54, 1.807) is 6.07 Å². The summed E-state index contributed by atoms with van der Waals surface area (Å²) < 4.78 is 123. The first kappa shape index (κ1) is 48.7. The Bertz CT molecular complexity index is 1590. The number of benzene rings is 2. The summed E-state index contributed by atoms with van der Waals surface area (Å²) in [7, 11) is 0. The highest BCUT2D eigenvalue weighted by Gasteiger charge is 2.60. The number of aliphatic hydroxyl groups is 1. The fourth-order valence-electron chi connectivity index (χ4n) is 6.51. The number of alkyl halides is 9. The smallest absolute Gasteiger partial charge is 0.426 e. The highest BCUT2D eigenvalue weighted by Crippen LogP contribution is 2.36. The zero-order valence-electron chi connectivity index (χ0n) is 32.3. The van der Waals surface area contributed by atoms with Crippen LogP contribution in [0.2, 0.25) is 10.0 Å². The van der Waals surface area contributed by atoms with Crippen molar-refractivity contribution in [1.82, 2.24) is 20.0 Å². The summed E-state index contributed by atoms with van der Waals surface area (Å²) >= 11 is 12.9. The molecular formula is C37H49Cl2F9N6O5. The van der Waals surface area contributed by atoms with Crippen molar-refractivity contribution < 1.29 is 63.6 Å². The van der Waals surface area contributed by atoms with Crippen molar-refractivity contribution in [2.24, 2.45) is 0 Å². The fourth-order valence-corrected chi connectivity index (χ4v) is 6.97. The molecule has 4 heterocycles. The van der Waals surface area contributed by atoms with Gasteiger partial charge in [-0.15, -0.1) is 0 Å². The molecule has 4 saturated heterocycles. The number of anilines is 2. The van der Waals surface area contributed by atoms with Gasteiger partial charge in [0.1, 0.15) is 6.10 Å². The van der Waals surface area contributed by atoms with Crippen LogP contribution in [0.3, 0.4) is 0 Å². The summed E-state index contributed by atoms with van der Waals surface area (Å²) in [6.07, 6.45) is -23.9. The largest absolute Gasteiger partial charge is 0.434 e. The minimum atomic E-state index is -5.74. The second-order valence-electron chi connectivity index (χ2n) is 14.0. The SMILES string of the molecule is CC(O)C(F)(F)F.Clc1cccc(N2CCOCC2)c1CN1CCNCC1.O=C(OC(C(F)(F)F)C(F)(F)F)N1CCN(Cc2c(Cl)cccc2N2CCOCC2)CC1.